The summed E-state index contributed by atoms with van der Waals surface area (Å²) in [5.41, 5.74) is 1.64. The van der Waals surface area contributed by atoms with Crippen molar-refractivity contribution < 1.29 is 13.6 Å². The summed E-state index contributed by atoms with van der Waals surface area (Å²) in [6.07, 6.45) is 1.97. The zero-order valence-electron chi connectivity index (χ0n) is 11.0. The molecule has 2 heterocycles. The molecule has 21 heavy (non-hydrogen) atoms. The number of halogens is 3. The second kappa shape index (κ2) is 5.44. The van der Waals surface area contributed by atoms with E-state index in [4.69, 9.17) is 11.6 Å². The standard InChI is InChI=1S/C14H12ClF2N3O/c15-10-1-2-11(16)9(14(10)17)5-13(21)20-4-3-12-8(7-20)6-18-19-12/h1-2,6H,3-5,7H2,(H,18,19). The molecule has 0 fully saturated rings. The van der Waals surface area contributed by atoms with Crippen LogP contribution in [0.15, 0.2) is 18.3 Å². The Morgan fingerprint density at radius 2 is 2.24 bits per heavy atom. The number of H-pyrrole nitrogens is 1. The van der Waals surface area contributed by atoms with E-state index in [-0.39, 0.29) is 22.9 Å². The van der Waals surface area contributed by atoms with Crippen LogP contribution in [0.5, 0.6) is 0 Å². The Morgan fingerprint density at radius 1 is 1.43 bits per heavy atom. The monoisotopic (exact) mass is 311 g/mol. The summed E-state index contributed by atoms with van der Waals surface area (Å²) < 4.78 is 27.5. The number of amides is 1. The molecule has 1 aromatic heterocycles. The van der Waals surface area contributed by atoms with Crippen LogP contribution >= 0.6 is 11.6 Å². The lowest BCUT2D eigenvalue weighted by atomic mass is 10.1. The van der Waals surface area contributed by atoms with Crippen molar-refractivity contribution in [3.05, 3.63) is 51.8 Å². The maximum absolute atomic E-state index is 13.8. The first-order chi connectivity index (χ1) is 10.1. The summed E-state index contributed by atoms with van der Waals surface area (Å²) >= 11 is 5.63. The minimum Gasteiger partial charge on any atom is -0.338 e. The third-order valence-electron chi connectivity index (χ3n) is 3.62. The van der Waals surface area contributed by atoms with Gasteiger partial charge in [-0.2, -0.15) is 5.10 Å². The Bertz CT molecular complexity index is 702. The Morgan fingerprint density at radius 3 is 3.05 bits per heavy atom. The van der Waals surface area contributed by atoms with Gasteiger partial charge in [0.15, 0.2) is 0 Å². The van der Waals surface area contributed by atoms with Gasteiger partial charge in [-0.1, -0.05) is 11.6 Å². The van der Waals surface area contributed by atoms with Crippen LogP contribution in [0.25, 0.3) is 0 Å². The van der Waals surface area contributed by atoms with E-state index >= 15 is 0 Å². The molecule has 0 aliphatic carbocycles. The minimum absolute atomic E-state index is 0.185. The molecule has 1 aliphatic heterocycles. The Hall–Kier alpha value is -1.95. The van der Waals surface area contributed by atoms with Gasteiger partial charge in [-0.25, -0.2) is 8.78 Å². The number of hydrogen-bond donors (Lipinski definition) is 1. The Kier molecular flexibility index (Phi) is 3.63. The van der Waals surface area contributed by atoms with Crippen molar-refractivity contribution in [2.45, 2.75) is 19.4 Å². The first-order valence-electron chi connectivity index (χ1n) is 6.47. The molecule has 1 N–H and O–H groups in total. The minimum atomic E-state index is -0.869. The molecule has 2 aromatic rings. The lowest BCUT2D eigenvalue weighted by molar-refractivity contribution is -0.131. The number of rotatable bonds is 2. The van der Waals surface area contributed by atoms with E-state index in [2.05, 4.69) is 10.2 Å². The van der Waals surface area contributed by atoms with E-state index in [1.807, 2.05) is 0 Å². The second-order valence-electron chi connectivity index (χ2n) is 4.94. The molecular weight excluding hydrogens is 300 g/mol. The van der Waals surface area contributed by atoms with Gasteiger partial charge in [-0.05, 0) is 12.1 Å². The van der Waals surface area contributed by atoms with Gasteiger partial charge in [0.2, 0.25) is 5.91 Å². The molecule has 0 radical (unpaired) electrons. The summed E-state index contributed by atoms with van der Waals surface area (Å²) in [6, 6.07) is 2.21. The van der Waals surface area contributed by atoms with Crippen LogP contribution in [-0.4, -0.2) is 27.5 Å². The molecule has 1 aromatic carbocycles. The van der Waals surface area contributed by atoms with Crippen LogP contribution in [0, 0.1) is 11.6 Å². The highest BCUT2D eigenvalue weighted by atomic mass is 35.5. The average molecular weight is 312 g/mol. The number of carbonyl (C=O) groups excluding carboxylic acids is 1. The van der Waals surface area contributed by atoms with E-state index in [9.17, 15) is 13.6 Å². The maximum Gasteiger partial charge on any atom is 0.227 e. The van der Waals surface area contributed by atoms with E-state index in [0.717, 1.165) is 23.4 Å². The molecule has 1 amide bonds. The summed E-state index contributed by atoms with van der Waals surface area (Å²) in [7, 11) is 0. The quantitative estimate of drug-likeness (QED) is 0.866. The number of aromatic nitrogens is 2. The second-order valence-corrected chi connectivity index (χ2v) is 5.34. The maximum atomic E-state index is 13.8. The number of carbonyl (C=O) groups is 1. The zero-order chi connectivity index (χ0) is 15.0. The van der Waals surface area contributed by atoms with Gasteiger partial charge >= 0.3 is 0 Å². The average Bonchev–Trinajstić information content (AvgIpc) is 2.94. The lowest BCUT2D eigenvalue weighted by Crippen LogP contribution is -2.37. The highest BCUT2D eigenvalue weighted by Gasteiger charge is 2.24. The number of aromatic amines is 1. The topological polar surface area (TPSA) is 49.0 Å². The van der Waals surface area contributed by atoms with Crippen LogP contribution in [-0.2, 0) is 24.2 Å². The number of nitrogens with zero attached hydrogens (tertiary/aromatic N) is 2. The van der Waals surface area contributed by atoms with Gasteiger partial charge in [0, 0.05) is 36.3 Å². The van der Waals surface area contributed by atoms with Crippen LogP contribution in [0.4, 0.5) is 8.78 Å². The normalized spacial score (nSPS) is 14.1. The fourth-order valence-corrected chi connectivity index (χ4v) is 2.61. The van der Waals surface area contributed by atoms with Gasteiger partial charge in [-0.15, -0.1) is 0 Å². The number of nitrogens with one attached hydrogen (secondary N) is 1. The van der Waals surface area contributed by atoms with E-state index in [0.29, 0.717) is 19.5 Å². The van der Waals surface area contributed by atoms with Crippen molar-refractivity contribution in [2.24, 2.45) is 0 Å². The van der Waals surface area contributed by atoms with Crippen LogP contribution in [0.3, 0.4) is 0 Å². The Balaban J connectivity index is 1.78. The van der Waals surface area contributed by atoms with Crippen molar-refractivity contribution in [1.82, 2.24) is 15.1 Å². The predicted octanol–water partition coefficient (Wildman–Crippen LogP) is 2.47. The molecule has 3 rings (SSSR count). The van der Waals surface area contributed by atoms with Gasteiger partial charge < -0.3 is 4.90 Å². The molecule has 0 unspecified atom stereocenters. The Labute approximate surface area is 124 Å². The van der Waals surface area contributed by atoms with Crippen LogP contribution in [0.2, 0.25) is 5.02 Å². The predicted molar refractivity (Wildman–Crippen MR) is 72.8 cm³/mol. The summed E-state index contributed by atoms with van der Waals surface area (Å²) in [6.45, 7) is 0.895. The van der Waals surface area contributed by atoms with Crippen molar-refractivity contribution >= 4 is 17.5 Å². The van der Waals surface area contributed by atoms with Gasteiger partial charge in [-0.3, -0.25) is 9.89 Å². The number of benzene rings is 1. The SMILES string of the molecule is O=C(Cc1c(F)ccc(Cl)c1F)N1CCc2[nH]ncc2C1. The number of hydrogen-bond acceptors (Lipinski definition) is 2. The van der Waals surface area contributed by atoms with Crippen molar-refractivity contribution in [2.75, 3.05) is 6.54 Å². The molecule has 0 atom stereocenters. The van der Waals surface area contributed by atoms with Crippen LogP contribution in [0.1, 0.15) is 16.8 Å². The third kappa shape index (κ3) is 2.63. The third-order valence-corrected chi connectivity index (χ3v) is 3.91. The van der Waals surface area contributed by atoms with Crippen molar-refractivity contribution in [3.8, 4) is 0 Å². The largest absolute Gasteiger partial charge is 0.338 e. The first kappa shape index (κ1) is 14.0. The summed E-state index contributed by atoms with van der Waals surface area (Å²) in [5, 5.41) is 6.60. The molecule has 0 spiro atoms. The highest BCUT2D eigenvalue weighted by molar-refractivity contribution is 6.30. The molecule has 0 saturated heterocycles. The molecule has 110 valence electrons. The van der Waals surface area contributed by atoms with E-state index in [1.165, 1.54) is 0 Å². The van der Waals surface area contributed by atoms with Gasteiger partial charge in [0.05, 0.1) is 17.6 Å². The van der Waals surface area contributed by atoms with Gasteiger partial charge in [0.1, 0.15) is 11.6 Å². The smallest absolute Gasteiger partial charge is 0.227 e. The first-order valence-corrected chi connectivity index (χ1v) is 6.85. The summed E-state index contributed by atoms with van der Waals surface area (Å²) in [5.74, 6) is -1.96. The molecule has 0 saturated carbocycles. The number of fused-ring (bicyclic) bond motifs is 1. The molecule has 0 bridgehead atoms. The molecule has 1 aliphatic rings. The van der Waals surface area contributed by atoms with E-state index in [1.54, 1.807) is 11.1 Å². The zero-order valence-corrected chi connectivity index (χ0v) is 11.8. The molecule has 7 heteroatoms. The van der Waals surface area contributed by atoms with E-state index < -0.39 is 11.6 Å². The van der Waals surface area contributed by atoms with Crippen LogP contribution < -0.4 is 0 Å². The lowest BCUT2D eigenvalue weighted by Gasteiger charge is -2.26. The highest BCUT2D eigenvalue weighted by Crippen LogP contribution is 2.23. The fraction of sp³-hybridized carbons (Fsp3) is 0.286. The van der Waals surface area contributed by atoms with Crippen molar-refractivity contribution in [1.29, 1.82) is 0 Å². The summed E-state index contributed by atoms with van der Waals surface area (Å²) in [4.78, 5) is 13.8. The fourth-order valence-electron chi connectivity index (χ4n) is 2.43. The molecule has 4 nitrogen and oxygen atoms in total. The molecular formula is C14H12ClF2N3O. The van der Waals surface area contributed by atoms with Crippen molar-refractivity contribution in [3.63, 3.8) is 0 Å². The van der Waals surface area contributed by atoms with Gasteiger partial charge in [0.25, 0.3) is 0 Å².